The van der Waals surface area contributed by atoms with E-state index in [1.165, 1.54) is 16.7 Å². The van der Waals surface area contributed by atoms with Crippen LogP contribution in [0.4, 0.5) is 4.79 Å². The third-order valence-corrected chi connectivity index (χ3v) is 5.19. The fourth-order valence-corrected chi connectivity index (χ4v) is 3.74. The minimum Gasteiger partial charge on any atom is -0.480 e. The summed E-state index contributed by atoms with van der Waals surface area (Å²) in [5, 5.41) is 11.7. The molecule has 1 heterocycles. The summed E-state index contributed by atoms with van der Waals surface area (Å²) in [6.07, 6.45) is 1.56. The Morgan fingerprint density at radius 2 is 2.16 bits per heavy atom. The first kappa shape index (κ1) is 16.3. The topological polar surface area (TPSA) is 86.7 Å². The molecule has 0 bridgehead atoms. The van der Waals surface area contributed by atoms with E-state index >= 15 is 0 Å². The number of carboxylic acid groups (broad SMARTS) is 1. The Hall–Kier alpha value is -0.760. The highest BCUT2D eigenvalue weighted by atomic mass is 32.2. The van der Waals surface area contributed by atoms with E-state index in [-0.39, 0.29) is 17.3 Å². The van der Waals surface area contributed by atoms with Crippen LogP contribution in [0.15, 0.2) is 0 Å². The third-order valence-electron chi connectivity index (χ3n) is 2.79. The molecular formula is C11H20N2O4S2. The summed E-state index contributed by atoms with van der Waals surface area (Å²) in [5.74, 6) is -0.0208. The monoisotopic (exact) mass is 308 g/mol. The van der Waals surface area contributed by atoms with Gasteiger partial charge in [0.15, 0.2) is 0 Å². The number of urea groups is 1. The lowest BCUT2D eigenvalue weighted by atomic mass is 10.2. The smallest absolute Gasteiger partial charge is 0.327 e. The highest BCUT2D eigenvalue weighted by molar-refractivity contribution is 8.00. The lowest BCUT2D eigenvalue weighted by Gasteiger charge is -2.29. The van der Waals surface area contributed by atoms with Gasteiger partial charge in [0.05, 0.1) is 5.37 Å². The Kier molecular flexibility index (Phi) is 6.12. The predicted octanol–water partition coefficient (Wildman–Crippen LogP) is 0.559. The molecule has 0 aromatic carbocycles. The van der Waals surface area contributed by atoms with Gasteiger partial charge in [-0.15, -0.1) is 11.8 Å². The second-order valence-corrected chi connectivity index (χ2v) is 7.44. The highest BCUT2D eigenvalue weighted by Gasteiger charge is 2.42. The molecule has 0 aromatic rings. The van der Waals surface area contributed by atoms with Crippen LogP contribution in [0.2, 0.25) is 0 Å². The number of aliphatic carboxylic acids is 1. The van der Waals surface area contributed by atoms with Gasteiger partial charge < -0.3 is 10.4 Å². The molecule has 8 heteroatoms. The zero-order chi connectivity index (χ0) is 14.6. The van der Waals surface area contributed by atoms with Crippen LogP contribution in [-0.2, 0) is 15.6 Å². The largest absolute Gasteiger partial charge is 0.480 e. The van der Waals surface area contributed by atoms with Crippen molar-refractivity contribution in [1.29, 1.82) is 0 Å². The van der Waals surface area contributed by atoms with Crippen LogP contribution in [0.5, 0.6) is 0 Å². The van der Waals surface area contributed by atoms with Gasteiger partial charge in [-0.1, -0.05) is 13.8 Å². The van der Waals surface area contributed by atoms with E-state index < -0.39 is 22.8 Å². The number of hydrogen-bond donors (Lipinski definition) is 2. The normalized spacial score (nSPS) is 24.5. The molecule has 19 heavy (non-hydrogen) atoms. The summed E-state index contributed by atoms with van der Waals surface area (Å²) in [5.41, 5.74) is 0. The van der Waals surface area contributed by atoms with Crippen molar-refractivity contribution < 1.29 is 18.9 Å². The van der Waals surface area contributed by atoms with Crippen LogP contribution in [-0.4, -0.2) is 61.9 Å². The summed E-state index contributed by atoms with van der Waals surface area (Å²) in [6, 6.07) is -1.17. The van der Waals surface area contributed by atoms with E-state index in [0.29, 0.717) is 18.1 Å². The number of carboxylic acids is 1. The molecule has 1 fully saturated rings. The van der Waals surface area contributed by atoms with Gasteiger partial charge in [-0.25, -0.2) is 9.59 Å². The molecule has 0 radical (unpaired) electrons. The van der Waals surface area contributed by atoms with E-state index in [2.05, 4.69) is 5.32 Å². The molecule has 0 aromatic heterocycles. The molecule has 1 saturated heterocycles. The lowest BCUT2D eigenvalue weighted by Crippen LogP contribution is -2.51. The number of carbonyl (C=O) groups excluding carboxylic acids is 1. The molecule has 2 amide bonds. The van der Waals surface area contributed by atoms with Gasteiger partial charge in [0.2, 0.25) is 0 Å². The zero-order valence-electron chi connectivity index (χ0n) is 11.3. The van der Waals surface area contributed by atoms with E-state index in [0.717, 1.165) is 0 Å². The molecule has 110 valence electrons. The Morgan fingerprint density at radius 3 is 2.63 bits per heavy atom. The van der Waals surface area contributed by atoms with Crippen LogP contribution in [0.25, 0.3) is 0 Å². The zero-order valence-corrected chi connectivity index (χ0v) is 12.9. The molecule has 0 spiro atoms. The maximum Gasteiger partial charge on any atom is 0.327 e. The van der Waals surface area contributed by atoms with Gasteiger partial charge in [-0.2, -0.15) is 0 Å². The van der Waals surface area contributed by atoms with E-state index in [1.54, 1.807) is 6.26 Å². The minimum atomic E-state index is -0.982. The van der Waals surface area contributed by atoms with Crippen molar-refractivity contribution in [2.24, 2.45) is 5.92 Å². The summed E-state index contributed by atoms with van der Waals surface area (Å²) in [7, 11) is -0.973. The first-order valence-corrected chi connectivity index (χ1v) is 8.82. The van der Waals surface area contributed by atoms with Crippen molar-refractivity contribution in [2.75, 3.05) is 24.3 Å². The number of thioether (sulfide) groups is 1. The number of nitrogens with zero attached hydrogens (tertiary/aromatic N) is 1. The first-order valence-electron chi connectivity index (χ1n) is 6.05. The molecule has 0 saturated carbocycles. The van der Waals surface area contributed by atoms with Crippen molar-refractivity contribution >= 4 is 34.6 Å². The van der Waals surface area contributed by atoms with Gasteiger partial charge >= 0.3 is 12.0 Å². The molecule has 0 aliphatic carbocycles. The summed E-state index contributed by atoms with van der Waals surface area (Å²) in [6.45, 7) is 4.22. The fourth-order valence-electron chi connectivity index (χ4n) is 1.88. The summed E-state index contributed by atoms with van der Waals surface area (Å²) in [4.78, 5) is 24.7. The Balaban J connectivity index is 2.69. The molecule has 1 aliphatic heterocycles. The fraction of sp³-hybridized carbons (Fsp3) is 0.818. The molecule has 6 nitrogen and oxygen atoms in total. The van der Waals surface area contributed by atoms with Crippen molar-refractivity contribution in [3.05, 3.63) is 0 Å². The maximum atomic E-state index is 12.1. The second-order valence-electron chi connectivity index (χ2n) is 4.74. The molecule has 1 rings (SSSR count). The SMILES string of the molecule is CC(C)C1SCC(C(=O)O)N1C(=O)NCCS(C)=O. The highest BCUT2D eigenvalue weighted by Crippen LogP contribution is 2.33. The van der Waals surface area contributed by atoms with E-state index in [1.807, 2.05) is 13.8 Å². The van der Waals surface area contributed by atoms with Gasteiger partial charge in [0, 0.05) is 35.1 Å². The molecule has 3 atom stereocenters. The number of carbonyl (C=O) groups is 2. The number of amides is 2. The van der Waals surface area contributed by atoms with Gasteiger partial charge in [0.1, 0.15) is 6.04 Å². The van der Waals surface area contributed by atoms with Crippen molar-refractivity contribution in [3.63, 3.8) is 0 Å². The van der Waals surface area contributed by atoms with Crippen LogP contribution in [0.3, 0.4) is 0 Å². The standard InChI is InChI=1S/C11H20N2O4S2/c1-7(2)9-13(8(6-18-9)10(14)15)11(16)12-4-5-19(3)17/h7-9H,4-6H2,1-3H3,(H,12,16)(H,14,15). The van der Waals surface area contributed by atoms with Crippen LogP contribution < -0.4 is 5.32 Å². The second kappa shape index (κ2) is 7.14. The average molecular weight is 308 g/mol. The Labute approximate surface area is 119 Å². The first-order chi connectivity index (χ1) is 8.84. The summed E-state index contributed by atoms with van der Waals surface area (Å²) < 4.78 is 10.9. The van der Waals surface area contributed by atoms with Gasteiger partial charge in [-0.3, -0.25) is 9.11 Å². The Morgan fingerprint density at radius 1 is 1.53 bits per heavy atom. The lowest BCUT2D eigenvalue weighted by molar-refractivity contribution is -0.141. The van der Waals surface area contributed by atoms with Crippen molar-refractivity contribution in [3.8, 4) is 0 Å². The van der Waals surface area contributed by atoms with E-state index in [4.69, 9.17) is 5.11 Å². The predicted molar refractivity (Wildman–Crippen MR) is 76.7 cm³/mol. The number of rotatable bonds is 5. The number of hydrogen-bond acceptors (Lipinski definition) is 4. The molecular weight excluding hydrogens is 288 g/mol. The van der Waals surface area contributed by atoms with Gasteiger partial charge in [0.25, 0.3) is 0 Å². The maximum absolute atomic E-state index is 12.1. The molecule has 3 unspecified atom stereocenters. The van der Waals surface area contributed by atoms with Crippen molar-refractivity contribution in [2.45, 2.75) is 25.3 Å². The van der Waals surface area contributed by atoms with Gasteiger partial charge in [-0.05, 0) is 5.92 Å². The van der Waals surface area contributed by atoms with E-state index in [9.17, 15) is 13.8 Å². The number of nitrogens with one attached hydrogen (secondary N) is 1. The van der Waals surface area contributed by atoms with Crippen LogP contribution in [0, 0.1) is 5.92 Å². The van der Waals surface area contributed by atoms with Crippen molar-refractivity contribution in [1.82, 2.24) is 10.2 Å². The molecule has 2 N–H and O–H groups in total. The quantitative estimate of drug-likeness (QED) is 0.775. The molecule has 1 aliphatic rings. The summed E-state index contributed by atoms with van der Waals surface area (Å²) >= 11 is 1.49. The minimum absolute atomic E-state index is 0.131. The Bertz CT molecular complexity index is 376. The van der Waals surface area contributed by atoms with Crippen LogP contribution >= 0.6 is 11.8 Å². The van der Waals surface area contributed by atoms with Crippen LogP contribution in [0.1, 0.15) is 13.8 Å². The third kappa shape index (κ3) is 4.38. The average Bonchev–Trinajstić information content (AvgIpc) is 2.72.